The summed E-state index contributed by atoms with van der Waals surface area (Å²) < 4.78 is 34.5. The third-order valence-electron chi connectivity index (χ3n) is 18.8. The zero-order chi connectivity index (χ0) is 59.8. The first-order valence-corrected chi connectivity index (χ1v) is 30.4. The van der Waals surface area contributed by atoms with Gasteiger partial charge >= 0.3 is 0 Å². The van der Waals surface area contributed by atoms with E-state index in [-0.39, 0.29) is 11.8 Å². The van der Waals surface area contributed by atoms with Crippen LogP contribution < -0.4 is 23.7 Å². The van der Waals surface area contributed by atoms with E-state index in [1.54, 1.807) is 0 Å². The Balaban J connectivity index is 1.14. The summed E-state index contributed by atoms with van der Waals surface area (Å²) in [5.41, 5.74) is 33.5. The molecule has 5 heteroatoms. The Morgan fingerprint density at radius 1 is 0.241 bits per heavy atom. The van der Waals surface area contributed by atoms with Crippen molar-refractivity contribution in [3.63, 3.8) is 0 Å². The number of aryl methyl sites for hydroxylation is 5. The fourth-order valence-corrected chi connectivity index (χ4v) is 14.7. The van der Waals surface area contributed by atoms with Gasteiger partial charge in [0.25, 0.3) is 0 Å². The van der Waals surface area contributed by atoms with E-state index in [2.05, 4.69) is 229 Å². The molecule has 0 fully saturated rings. The highest BCUT2D eigenvalue weighted by atomic mass is 16.5. The van der Waals surface area contributed by atoms with Crippen LogP contribution in [0.4, 0.5) is 0 Å². The highest BCUT2D eigenvalue weighted by molar-refractivity contribution is 5.88. The van der Waals surface area contributed by atoms with Gasteiger partial charge in [0.1, 0.15) is 28.7 Å². The minimum atomic E-state index is -0.257. The van der Waals surface area contributed by atoms with E-state index in [4.69, 9.17) is 23.7 Å². The standard InChI is InChI=1S/C82H72O5/c1-47-15-25-52(26-16-47)57-35-60-41-62-37-58(53-27-17-48(2)18-28-53)39-64(79(62)84-7)43-66-45-70(55-31-21-50(4)22-32-55)74-72-68-13-11-12-14-69(68)73(76(74)81(66)86-9)77-75(72)71(56-33-23-51(5)24-34-56)46-67(82(77)87-10)44-65-40-59(54-29-19-49(3)20-30-54)38-63(80(65)85-8)42-61(36-57)78(60)83-6/h11-40,45-46,72-73H,41-44H2,1-10H3. The van der Waals surface area contributed by atoms with Crippen LogP contribution >= 0.6 is 0 Å². The van der Waals surface area contributed by atoms with Gasteiger partial charge in [-0.15, -0.1) is 0 Å². The van der Waals surface area contributed by atoms with E-state index >= 15 is 0 Å². The van der Waals surface area contributed by atoms with E-state index < -0.39 is 0 Å². The topological polar surface area (TPSA) is 46.2 Å². The van der Waals surface area contributed by atoms with Crippen LogP contribution in [0, 0.1) is 34.6 Å². The molecular weight excluding hydrogens is 1060 g/mol. The molecule has 0 saturated heterocycles. The van der Waals surface area contributed by atoms with Crippen molar-refractivity contribution in [2.24, 2.45) is 0 Å². The van der Waals surface area contributed by atoms with E-state index in [0.29, 0.717) is 25.7 Å². The van der Waals surface area contributed by atoms with Crippen molar-refractivity contribution >= 4 is 0 Å². The molecule has 0 spiro atoms. The second-order valence-corrected chi connectivity index (χ2v) is 24.4. The van der Waals surface area contributed by atoms with Crippen molar-refractivity contribution in [2.45, 2.75) is 72.1 Å². The number of rotatable bonds is 10. The van der Waals surface area contributed by atoms with Gasteiger partial charge in [-0.25, -0.2) is 0 Å². The quantitative estimate of drug-likeness (QED) is 0.137. The van der Waals surface area contributed by atoms with Crippen molar-refractivity contribution in [1.82, 2.24) is 0 Å². The van der Waals surface area contributed by atoms with E-state index in [0.717, 1.165) is 118 Å². The van der Waals surface area contributed by atoms with Gasteiger partial charge in [-0.05, 0) is 206 Å². The molecule has 11 aromatic rings. The molecule has 0 aromatic heterocycles. The van der Waals surface area contributed by atoms with Crippen molar-refractivity contribution in [3.8, 4) is 84.4 Å². The van der Waals surface area contributed by atoms with E-state index in [1.165, 1.54) is 72.3 Å². The Morgan fingerprint density at radius 2 is 0.471 bits per heavy atom. The molecule has 11 aromatic carbocycles. The molecule has 0 radical (unpaired) electrons. The van der Waals surface area contributed by atoms with Crippen LogP contribution in [0.3, 0.4) is 0 Å². The number of hydrogen-bond donors (Lipinski definition) is 0. The maximum absolute atomic E-state index is 7.05. The first kappa shape index (κ1) is 55.3. The summed E-state index contributed by atoms with van der Waals surface area (Å²) >= 11 is 0. The number of fused-ring (bicyclic) bond motifs is 8. The predicted octanol–water partition coefficient (Wildman–Crippen LogP) is 19.3. The zero-order valence-corrected chi connectivity index (χ0v) is 51.5. The SMILES string of the molecule is COc1c2cc(-c3ccc(C)cc3)cc1Cc1cc(-c3ccc(C)cc3)cc(c1OC)Cc1cc(-c3ccc(C)cc3)c3c(c1OC)C1c4ccccc4C3c3c(-c4ccc(C)cc4)cc(c(OC)c31)Cc1cc(-c3ccc(C)cc3)cc(c1OC)C2. The van der Waals surface area contributed by atoms with Crippen LogP contribution in [-0.4, -0.2) is 35.5 Å². The lowest BCUT2D eigenvalue weighted by Gasteiger charge is -2.46. The Morgan fingerprint density at radius 3 is 0.724 bits per heavy atom. The van der Waals surface area contributed by atoms with Crippen LogP contribution in [0.5, 0.6) is 28.7 Å². The van der Waals surface area contributed by atoms with Crippen molar-refractivity contribution in [3.05, 3.63) is 300 Å². The molecule has 0 N–H and O–H groups in total. The number of methoxy groups -OCH3 is 5. The lowest BCUT2D eigenvalue weighted by molar-refractivity contribution is 0.391. The van der Waals surface area contributed by atoms with Crippen molar-refractivity contribution < 1.29 is 23.7 Å². The summed E-state index contributed by atoms with van der Waals surface area (Å²) in [7, 11) is 9.20. The molecule has 0 amide bonds. The third-order valence-corrected chi connectivity index (χ3v) is 18.8. The van der Waals surface area contributed by atoms with E-state index in [1.807, 2.05) is 35.5 Å². The van der Waals surface area contributed by atoms with E-state index in [9.17, 15) is 0 Å². The molecule has 430 valence electrons. The molecule has 5 nitrogen and oxygen atoms in total. The van der Waals surface area contributed by atoms with Gasteiger partial charge in [-0.3, -0.25) is 0 Å². The minimum Gasteiger partial charge on any atom is -0.496 e. The first-order valence-electron chi connectivity index (χ1n) is 30.4. The summed E-state index contributed by atoms with van der Waals surface area (Å²) in [6, 6.07) is 72.9. The monoisotopic (exact) mass is 1140 g/mol. The van der Waals surface area contributed by atoms with Gasteiger partial charge in [0.05, 0.1) is 35.5 Å². The molecule has 0 heterocycles. The maximum atomic E-state index is 7.05. The lowest BCUT2D eigenvalue weighted by atomic mass is 9.57. The molecule has 15 rings (SSSR count). The summed E-state index contributed by atoms with van der Waals surface area (Å²) in [5.74, 6) is 3.85. The van der Waals surface area contributed by atoms with Crippen LogP contribution in [0.1, 0.15) is 118 Å². The Hall–Kier alpha value is -9.58. The summed E-state index contributed by atoms with van der Waals surface area (Å²) in [6.07, 6.45) is 2.14. The molecule has 0 saturated carbocycles. The second-order valence-electron chi connectivity index (χ2n) is 24.4. The molecular formula is C82H72O5. The van der Waals surface area contributed by atoms with Gasteiger partial charge in [-0.1, -0.05) is 173 Å². The van der Waals surface area contributed by atoms with Crippen molar-refractivity contribution in [1.29, 1.82) is 0 Å². The highest BCUT2D eigenvalue weighted by Crippen LogP contribution is 2.65. The largest absolute Gasteiger partial charge is 0.496 e. The maximum Gasteiger partial charge on any atom is 0.126 e. The van der Waals surface area contributed by atoms with Crippen LogP contribution in [-0.2, 0) is 25.7 Å². The Bertz CT molecular complexity index is 4250. The lowest BCUT2D eigenvalue weighted by Crippen LogP contribution is -2.30. The molecule has 0 aliphatic heterocycles. The molecule has 0 atom stereocenters. The van der Waals surface area contributed by atoms with Crippen molar-refractivity contribution in [2.75, 3.05) is 35.5 Å². The average molecular weight is 1140 g/mol. The zero-order valence-electron chi connectivity index (χ0n) is 51.5. The number of hydrogen-bond acceptors (Lipinski definition) is 5. The Labute approximate surface area is 512 Å². The molecule has 12 bridgehead atoms. The average Bonchev–Trinajstić information content (AvgIpc) is 0.683. The summed E-state index contributed by atoms with van der Waals surface area (Å²) in [4.78, 5) is 0. The fraction of sp³-hybridized carbons (Fsp3) is 0.195. The van der Waals surface area contributed by atoms with Gasteiger partial charge in [-0.2, -0.15) is 0 Å². The first-order chi connectivity index (χ1) is 42.4. The summed E-state index contributed by atoms with van der Waals surface area (Å²) in [5, 5.41) is 0. The molecule has 4 aliphatic carbocycles. The Kier molecular flexibility index (Phi) is 14.2. The normalized spacial score (nSPS) is 14.4. The number of ether oxygens (including phenoxy) is 5. The second kappa shape index (κ2) is 22.4. The predicted molar refractivity (Wildman–Crippen MR) is 355 cm³/mol. The van der Waals surface area contributed by atoms with Gasteiger partial charge < -0.3 is 23.7 Å². The van der Waals surface area contributed by atoms with Gasteiger partial charge in [0.15, 0.2) is 0 Å². The molecule has 87 heavy (non-hydrogen) atoms. The highest BCUT2D eigenvalue weighted by Gasteiger charge is 2.48. The molecule has 4 aliphatic rings. The molecule has 0 unspecified atom stereocenters. The van der Waals surface area contributed by atoms with Crippen LogP contribution in [0.15, 0.2) is 194 Å². The minimum absolute atomic E-state index is 0.168. The smallest absolute Gasteiger partial charge is 0.126 e. The van der Waals surface area contributed by atoms with Gasteiger partial charge in [0, 0.05) is 48.6 Å². The summed E-state index contributed by atoms with van der Waals surface area (Å²) in [6.45, 7) is 10.8. The van der Waals surface area contributed by atoms with Crippen LogP contribution in [0.2, 0.25) is 0 Å². The third kappa shape index (κ3) is 9.65. The number of benzene rings is 11. The van der Waals surface area contributed by atoms with Crippen LogP contribution in [0.25, 0.3) is 55.6 Å². The fourth-order valence-electron chi connectivity index (χ4n) is 14.7. The van der Waals surface area contributed by atoms with Gasteiger partial charge in [0.2, 0.25) is 0 Å².